The number of aryl methyl sites for hydroxylation is 6. The van der Waals surface area contributed by atoms with E-state index in [2.05, 4.69) is 105 Å². The van der Waals surface area contributed by atoms with E-state index in [-0.39, 0.29) is 19.5 Å². The zero-order valence-electron chi connectivity index (χ0n) is 25.8. The standard InChI is InChI=1S/C36H38Cl2N4.Ru/c1-22(11-12-29-33(38)30(37)21-40-34(29)31-10-8-9-13-39-31)20-32-41(35-25(4)16-23(2)17-26(35)5)14-15-42(32)36-27(6)18-24(3)19-28(36)7;/h8-13,16-21,33H,14-15H2,1-7H3;/q;+2. The molecule has 0 saturated carbocycles. The average Bonchev–Trinajstić information content (AvgIpc) is 3.31. The third-order valence-electron chi connectivity index (χ3n) is 7.81. The van der Waals surface area contributed by atoms with Gasteiger partial charge in [0.1, 0.15) is 5.82 Å². The number of pyridine rings is 1. The predicted octanol–water partition coefficient (Wildman–Crippen LogP) is 9.16. The van der Waals surface area contributed by atoms with Gasteiger partial charge in [-0.1, -0.05) is 65.2 Å². The monoisotopic (exact) mass is 698 g/mol. The van der Waals surface area contributed by atoms with E-state index in [0.29, 0.717) is 5.03 Å². The van der Waals surface area contributed by atoms with Crippen molar-refractivity contribution >= 4 is 40.3 Å². The van der Waals surface area contributed by atoms with E-state index in [1.54, 1.807) is 12.4 Å². The Kier molecular flexibility index (Phi) is 10.5. The Bertz CT molecular complexity index is 1570. The summed E-state index contributed by atoms with van der Waals surface area (Å²) in [7, 11) is 0. The number of hydrogen-bond acceptors (Lipinski definition) is 4. The summed E-state index contributed by atoms with van der Waals surface area (Å²) in [6, 6.07) is 14.9. The van der Waals surface area contributed by atoms with Crippen molar-refractivity contribution in [1.82, 2.24) is 4.98 Å². The van der Waals surface area contributed by atoms with Crippen LogP contribution in [0.2, 0.25) is 0 Å². The molecular weight excluding hydrogens is 660 g/mol. The summed E-state index contributed by atoms with van der Waals surface area (Å²) in [6.45, 7) is 17.1. The van der Waals surface area contributed by atoms with Crippen molar-refractivity contribution in [2.45, 2.75) is 53.8 Å². The number of rotatable bonds is 5. The molecule has 0 N–H and O–H groups in total. The Morgan fingerprint density at radius 2 is 1.40 bits per heavy atom. The van der Waals surface area contributed by atoms with Crippen LogP contribution in [0.4, 0.5) is 11.4 Å². The zero-order valence-corrected chi connectivity index (χ0v) is 29.1. The van der Waals surface area contributed by atoms with Crippen LogP contribution in [0.5, 0.6) is 0 Å². The van der Waals surface area contributed by atoms with Crippen LogP contribution in [-0.2, 0) is 19.5 Å². The summed E-state index contributed by atoms with van der Waals surface area (Å²) in [6.07, 6.45) is 9.79. The topological polar surface area (TPSA) is 31.7 Å². The number of nitrogens with zero attached hydrogens (tertiary/aromatic N) is 4. The molecule has 5 rings (SSSR count). The maximum Gasteiger partial charge on any atom is 2.00 e. The third kappa shape index (κ3) is 6.90. The Morgan fingerprint density at radius 1 is 0.860 bits per heavy atom. The van der Waals surface area contributed by atoms with Crippen LogP contribution >= 0.6 is 23.2 Å². The number of halogens is 2. The third-order valence-corrected chi connectivity index (χ3v) is 8.70. The fourth-order valence-electron chi connectivity index (χ4n) is 6.27. The molecule has 1 unspecified atom stereocenters. The van der Waals surface area contributed by atoms with Crippen molar-refractivity contribution in [3.63, 3.8) is 0 Å². The maximum absolute atomic E-state index is 6.79. The van der Waals surface area contributed by atoms with Crippen LogP contribution in [0.1, 0.15) is 46.0 Å². The van der Waals surface area contributed by atoms with E-state index in [4.69, 9.17) is 23.2 Å². The minimum absolute atomic E-state index is 0. The Balaban J connectivity index is 0.00000423. The summed E-state index contributed by atoms with van der Waals surface area (Å²) >= 11 is 13.2. The number of aliphatic imine (C=N–C) groups is 1. The molecular formula is C36H38Cl2N4Ru+2. The van der Waals surface area contributed by atoms with Gasteiger partial charge in [0.15, 0.2) is 0 Å². The van der Waals surface area contributed by atoms with Crippen molar-refractivity contribution in [3.8, 4) is 0 Å². The van der Waals surface area contributed by atoms with Gasteiger partial charge < -0.3 is 9.80 Å². The first-order chi connectivity index (χ1) is 20.0. The van der Waals surface area contributed by atoms with Crippen LogP contribution < -0.4 is 9.80 Å². The first kappa shape index (κ1) is 32.9. The quantitative estimate of drug-likeness (QED) is 0.197. The smallest absolute Gasteiger partial charge is 0.325 e. The molecule has 2 aliphatic rings. The molecule has 1 fully saturated rings. The summed E-state index contributed by atoms with van der Waals surface area (Å²) in [5.41, 5.74) is 13.7. The van der Waals surface area contributed by atoms with E-state index in [0.717, 1.165) is 41.5 Å². The van der Waals surface area contributed by atoms with Crippen molar-refractivity contribution < 1.29 is 19.5 Å². The van der Waals surface area contributed by atoms with Crippen molar-refractivity contribution in [1.29, 1.82) is 0 Å². The Labute approximate surface area is 279 Å². The molecule has 43 heavy (non-hydrogen) atoms. The number of anilines is 2. The van der Waals surface area contributed by atoms with Gasteiger partial charge in [-0.15, -0.1) is 11.6 Å². The molecule has 1 atom stereocenters. The number of aromatic nitrogens is 1. The molecule has 1 aromatic heterocycles. The minimum atomic E-state index is -0.493. The van der Waals surface area contributed by atoms with Gasteiger partial charge in [-0.25, -0.2) is 0 Å². The predicted molar refractivity (Wildman–Crippen MR) is 180 cm³/mol. The van der Waals surface area contributed by atoms with Crippen LogP contribution in [0, 0.1) is 41.5 Å². The second-order valence-corrected chi connectivity index (χ2v) is 12.3. The fourth-order valence-corrected chi connectivity index (χ4v) is 6.67. The number of alkyl halides is 1. The zero-order chi connectivity index (χ0) is 30.1. The molecule has 0 radical (unpaired) electrons. The molecule has 4 nitrogen and oxygen atoms in total. The molecule has 2 aromatic carbocycles. The molecule has 3 heterocycles. The average molecular weight is 699 g/mol. The number of hydrogen-bond donors (Lipinski definition) is 0. The number of benzene rings is 2. The molecule has 1 saturated heterocycles. The molecule has 0 amide bonds. The fraction of sp³-hybridized carbons (Fsp3) is 0.278. The van der Waals surface area contributed by atoms with Gasteiger partial charge >= 0.3 is 19.5 Å². The first-order valence-corrected chi connectivity index (χ1v) is 15.2. The summed E-state index contributed by atoms with van der Waals surface area (Å²) in [5.74, 6) is 1.16. The normalized spacial score (nSPS) is 18.1. The second-order valence-electron chi connectivity index (χ2n) is 11.4. The largest absolute Gasteiger partial charge is 2.00 e. The minimum Gasteiger partial charge on any atom is -0.325 e. The van der Waals surface area contributed by atoms with Gasteiger partial charge in [0.25, 0.3) is 0 Å². The first-order valence-electron chi connectivity index (χ1n) is 14.3. The SMILES string of the molecule is CC(=CC=C1C(c2ccccn2)=NC=C(Cl)C1Cl)C=C1N(c2c(C)cc(C)cc2C)CCN1c1c(C)cc(C)cc1C.[Ru+2]. The van der Waals surface area contributed by atoms with E-state index in [9.17, 15) is 0 Å². The molecule has 7 heteroatoms. The van der Waals surface area contributed by atoms with Crippen molar-refractivity contribution in [2.24, 2.45) is 4.99 Å². The molecule has 2 aliphatic heterocycles. The second kappa shape index (κ2) is 13.8. The van der Waals surface area contributed by atoms with Gasteiger partial charge in [0.2, 0.25) is 0 Å². The van der Waals surface area contributed by atoms with Gasteiger partial charge in [-0.2, -0.15) is 0 Å². The van der Waals surface area contributed by atoms with Gasteiger partial charge in [0.05, 0.1) is 21.8 Å². The van der Waals surface area contributed by atoms with Gasteiger partial charge in [0, 0.05) is 42.4 Å². The molecule has 0 spiro atoms. The maximum atomic E-state index is 6.79. The van der Waals surface area contributed by atoms with E-state index in [1.165, 1.54) is 44.8 Å². The Hall–Kier alpha value is -2.98. The molecule has 0 bridgehead atoms. The van der Waals surface area contributed by atoms with Crippen LogP contribution in [0.3, 0.4) is 0 Å². The van der Waals surface area contributed by atoms with E-state index in [1.807, 2.05) is 24.3 Å². The van der Waals surface area contributed by atoms with Crippen LogP contribution in [0.25, 0.3) is 0 Å². The van der Waals surface area contributed by atoms with Crippen molar-refractivity contribution in [3.05, 3.63) is 134 Å². The summed E-state index contributed by atoms with van der Waals surface area (Å²) in [4.78, 5) is 14.0. The van der Waals surface area contributed by atoms with Crippen LogP contribution in [-0.4, -0.2) is 29.2 Å². The van der Waals surface area contributed by atoms with Gasteiger partial charge in [-0.05, 0) is 94.5 Å². The van der Waals surface area contributed by atoms with Gasteiger partial charge in [-0.3, -0.25) is 9.98 Å². The van der Waals surface area contributed by atoms with E-state index < -0.39 is 5.38 Å². The van der Waals surface area contributed by atoms with Crippen LogP contribution in [0.15, 0.2) is 100 Å². The molecule has 3 aromatic rings. The summed E-state index contributed by atoms with van der Waals surface area (Å²) in [5, 5.41) is 0.00357. The van der Waals surface area contributed by atoms with E-state index >= 15 is 0 Å². The summed E-state index contributed by atoms with van der Waals surface area (Å²) < 4.78 is 0. The van der Waals surface area contributed by atoms with Crippen molar-refractivity contribution in [2.75, 3.05) is 22.9 Å². The number of allylic oxidation sites excluding steroid dienone is 6. The Morgan fingerprint density at radius 3 is 1.88 bits per heavy atom. The molecule has 0 aliphatic carbocycles. The molecule has 222 valence electrons.